The Morgan fingerprint density at radius 1 is 0.938 bits per heavy atom. The molecule has 2 aromatic rings. The van der Waals surface area contributed by atoms with E-state index in [1.54, 1.807) is 7.11 Å². The van der Waals surface area contributed by atoms with Crippen LogP contribution in [0.5, 0.6) is 11.5 Å². The Morgan fingerprint density at radius 3 is 2.06 bits per heavy atom. The van der Waals surface area contributed by atoms with Crippen molar-refractivity contribution >= 4 is 33.8 Å². The average molecular weight is 509 g/mol. The van der Waals surface area contributed by atoms with E-state index >= 15 is 0 Å². The fourth-order valence-electron chi connectivity index (χ4n) is 2.96. The van der Waals surface area contributed by atoms with Gasteiger partial charge in [0.15, 0.2) is 6.61 Å². The molecule has 0 saturated carbocycles. The first-order valence-electron chi connectivity index (χ1n) is 9.76. The second-order valence-corrected chi connectivity index (χ2v) is 7.78. The first-order valence-corrected chi connectivity index (χ1v) is 10.6. The smallest absolute Gasteiger partial charge is 0.414 e. The van der Waals surface area contributed by atoms with Gasteiger partial charge in [0, 0.05) is 37.2 Å². The molecule has 1 aliphatic heterocycles. The lowest BCUT2D eigenvalue weighted by Crippen LogP contribution is -2.49. The maximum atomic E-state index is 12.4. The third kappa shape index (κ3) is 8.56. The SMILES string of the molecule is COc1ccc(OCC(=O)N2CCN(Cc3cccc(Br)c3)CC2)cc1.O=C(O)C(=O)O. The van der Waals surface area contributed by atoms with E-state index in [4.69, 9.17) is 29.3 Å². The van der Waals surface area contributed by atoms with Gasteiger partial charge in [-0.15, -0.1) is 0 Å². The number of amides is 1. The van der Waals surface area contributed by atoms with Gasteiger partial charge in [0.1, 0.15) is 11.5 Å². The molecule has 0 bridgehead atoms. The normalized spacial score (nSPS) is 13.5. The molecule has 1 heterocycles. The molecule has 2 aromatic carbocycles. The highest BCUT2D eigenvalue weighted by Gasteiger charge is 2.21. The fourth-order valence-corrected chi connectivity index (χ4v) is 3.40. The zero-order chi connectivity index (χ0) is 23.5. The number of carboxylic acids is 2. The van der Waals surface area contributed by atoms with Crippen LogP contribution in [0, 0.1) is 0 Å². The van der Waals surface area contributed by atoms with Crippen LogP contribution in [-0.2, 0) is 20.9 Å². The van der Waals surface area contributed by atoms with E-state index in [0.717, 1.165) is 42.9 Å². The van der Waals surface area contributed by atoms with Gasteiger partial charge in [-0.3, -0.25) is 9.69 Å². The van der Waals surface area contributed by atoms with Gasteiger partial charge >= 0.3 is 11.9 Å². The number of carbonyl (C=O) groups excluding carboxylic acids is 1. The number of hydrogen-bond acceptors (Lipinski definition) is 6. The monoisotopic (exact) mass is 508 g/mol. The molecular weight excluding hydrogens is 484 g/mol. The molecule has 2 N–H and O–H groups in total. The van der Waals surface area contributed by atoms with Crippen molar-refractivity contribution in [3.63, 3.8) is 0 Å². The van der Waals surface area contributed by atoms with Gasteiger partial charge in [-0.2, -0.15) is 0 Å². The Kier molecular flexibility index (Phi) is 9.96. The van der Waals surface area contributed by atoms with Crippen LogP contribution in [0.4, 0.5) is 0 Å². The molecule has 172 valence electrons. The zero-order valence-corrected chi connectivity index (χ0v) is 19.2. The summed E-state index contributed by atoms with van der Waals surface area (Å²) >= 11 is 3.51. The van der Waals surface area contributed by atoms with E-state index in [2.05, 4.69) is 39.0 Å². The summed E-state index contributed by atoms with van der Waals surface area (Å²) < 4.78 is 11.8. The Morgan fingerprint density at radius 2 is 1.53 bits per heavy atom. The standard InChI is InChI=1S/C20H23BrN2O3.C2H2O4/c1-25-18-5-7-19(8-6-18)26-15-20(24)23-11-9-22(10-12-23)14-16-3-2-4-17(21)13-16;3-1(4)2(5)6/h2-8,13H,9-12,14-15H2,1H3;(H,3,4)(H,5,6). The number of carboxylic acid groups (broad SMARTS) is 2. The summed E-state index contributed by atoms with van der Waals surface area (Å²) in [6.45, 7) is 4.20. The van der Waals surface area contributed by atoms with Crippen LogP contribution in [0.25, 0.3) is 0 Å². The first kappa shape index (κ1) is 25.2. The number of aliphatic carboxylic acids is 2. The van der Waals surface area contributed by atoms with Crippen molar-refractivity contribution in [3.05, 3.63) is 58.6 Å². The number of nitrogens with zero attached hydrogens (tertiary/aromatic N) is 2. The third-order valence-corrected chi connectivity index (χ3v) is 5.12. The molecule has 0 aromatic heterocycles. The fraction of sp³-hybridized carbons (Fsp3) is 0.318. The second kappa shape index (κ2) is 12.7. The minimum atomic E-state index is -1.82. The minimum Gasteiger partial charge on any atom is -0.497 e. The van der Waals surface area contributed by atoms with Crippen molar-refractivity contribution in [2.24, 2.45) is 0 Å². The lowest BCUT2D eigenvalue weighted by molar-refractivity contribution is -0.159. The summed E-state index contributed by atoms with van der Waals surface area (Å²) in [6.07, 6.45) is 0. The molecule has 1 fully saturated rings. The highest BCUT2D eigenvalue weighted by Crippen LogP contribution is 2.17. The van der Waals surface area contributed by atoms with E-state index < -0.39 is 11.9 Å². The number of ether oxygens (including phenoxy) is 2. The Labute approximate surface area is 194 Å². The number of halogens is 1. The van der Waals surface area contributed by atoms with Gasteiger partial charge in [0.25, 0.3) is 5.91 Å². The van der Waals surface area contributed by atoms with Gasteiger partial charge < -0.3 is 24.6 Å². The van der Waals surface area contributed by atoms with Crippen molar-refractivity contribution in [1.82, 2.24) is 9.80 Å². The molecule has 0 spiro atoms. The van der Waals surface area contributed by atoms with Crippen LogP contribution >= 0.6 is 15.9 Å². The van der Waals surface area contributed by atoms with E-state index in [-0.39, 0.29) is 12.5 Å². The van der Waals surface area contributed by atoms with Crippen molar-refractivity contribution in [2.45, 2.75) is 6.54 Å². The maximum absolute atomic E-state index is 12.4. The predicted octanol–water partition coefficient (Wildman–Crippen LogP) is 2.34. The molecular formula is C22H25BrN2O7. The van der Waals surface area contributed by atoms with Crippen LogP contribution in [0.2, 0.25) is 0 Å². The van der Waals surface area contributed by atoms with E-state index in [0.29, 0.717) is 5.75 Å². The number of rotatable bonds is 6. The highest BCUT2D eigenvalue weighted by molar-refractivity contribution is 9.10. The summed E-state index contributed by atoms with van der Waals surface area (Å²) in [6, 6.07) is 15.6. The molecule has 0 unspecified atom stereocenters. The molecule has 0 atom stereocenters. The summed E-state index contributed by atoms with van der Waals surface area (Å²) in [7, 11) is 1.62. The Hall–Kier alpha value is -3.11. The lowest BCUT2D eigenvalue weighted by Gasteiger charge is -2.34. The molecule has 0 radical (unpaired) electrons. The lowest BCUT2D eigenvalue weighted by atomic mass is 10.2. The number of methoxy groups -OCH3 is 1. The number of carbonyl (C=O) groups is 3. The third-order valence-electron chi connectivity index (χ3n) is 4.62. The van der Waals surface area contributed by atoms with Crippen molar-refractivity contribution < 1.29 is 34.1 Å². The molecule has 0 aliphatic carbocycles. The molecule has 3 rings (SSSR count). The maximum Gasteiger partial charge on any atom is 0.414 e. The second-order valence-electron chi connectivity index (χ2n) is 6.86. The average Bonchev–Trinajstić information content (AvgIpc) is 2.78. The largest absolute Gasteiger partial charge is 0.497 e. The Bertz CT molecular complexity index is 901. The summed E-state index contributed by atoms with van der Waals surface area (Å²) in [4.78, 5) is 34.8. The van der Waals surface area contributed by atoms with Gasteiger partial charge in [-0.25, -0.2) is 9.59 Å². The number of hydrogen-bond donors (Lipinski definition) is 2. The minimum absolute atomic E-state index is 0.0305. The first-order chi connectivity index (χ1) is 15.3. The molecule has 32 heavy (non-hydrogen) atoms. The van der Waals surface area contributed by atoms with Crippen LogP contribution in [0.3, 0.4) is 0 Å². The molecule has 10 heteroatoms. The van der Waals surface area contributed by atoms with Crippen molar-refractivity contribution in [2.75, 3.05) is 39.9 Å². The van der Waals surface area contributed by atoms with Crippen LogP contribution in [-0.4, -0.2) is 77.8 Å². The number of benzene rings is 2. The van der Waals surface area contributed by atoms with Crippen molar-refractivity contribution in [1.29, 1.82) is 0 Å². The molecule has 1 amide bonds. The van der Waals surface area contributed by atoms with Crippen molar-refractivity contribution in [3.8, 4) is 11.5 Å². The van der Waals surface area contributed by atoms with Gasteiger partial charge in [0.05, 0.1) is 7.11 Å². The van der Waals surface area contributed by atoms with E-state index in [1.807, 2.05) is 35.2 Å². The van der Waals surface area contributed by atoms with Gasteiger partial charge in [0.2, 0.25) is 0 Å². The van der Waals surface area contributed by atoms with Crippen LogP contribution < -0.4 is 9.47 Å². The van der Waals surface area contributed by atoms with E-state index in [9.17, 15) is 4.79 Å². The van der Waals surface area contributed by atoms with Gasteiger partial charge in [-0.05, 0) is 42.0 Å². The molecule has 1 saturated heterocycles. The van der Waals surface area contributed by atoms with E-state index in [1.165, 1.54) is 5.56 Å². The summed E-state index contributed by atoms with van der Waals surface area (Å²) in [5.41, 5.74) is 1.28. The highest BCUT2D eigenvalue weighted by atomic mass is 79.9. The van der Waals surface area contributed by atoms with Crippen LogP contribution in [0.15, 0.2) is 53.0 Å². The van der Waals surface area contributed by atoms with Gasteiger partial charge in [-0.1, -0.05) is 28.1 Å². The zero-order valence-electron chi connectivity index (χ0n) is 17.6. The Balaban J connectivity index is 0.000000534. The van der Waals surface area contributed by atoms with Crippen LogP contribution in [0.1, 0.15) is 5.56 Å². The quantitative estimate of drug-likeness (QED) is 0.571. The molecule has 1 aliphatic rings. The predicted molar refractivity (Wildman–Crippen MR) is 120 cm³/mol. The number of piperazine rings is 1. The molecule has 9 nitrogen and oxygen atoms in total. The summed E-state index contributed by atoms with van der Waals surface area (Å²) in [5, 5.41) is 14.8. The summed E-state index contributed by atoms with van der Waals surface area (Å²) in [5.74, 6) is -2.18. The topological polar surface area (TPSA) is 117 Å².